The summed E-state index contributed by atoms with van der Waals surface area (Å²) in [5.41, 5.74) is 3.39. The van der Waals surface area contributed by atoms with Gasteiger partial charge in [0.05, 0.1) is 36.7 Å². The monoisotopic (exact) mass is 493 g/mol. The molecule has 2 aromatic rings. The van der Waals surface area contributed by atoms with Crippen LogP contribution in [0.2, 0.25) is 0 Å². The molecule has 0 amide bonds. The number of hydrogen-bond donors (Lipinski definition) is 0. The molecule has 4 rings (SSSR count). The van der Waals surface area contributed by atoms with Crippen molar-refractivity contribution in [2.45, 2.75) is 58.9 Å². The molecule has 0 N–H and O–H groups in total. The maximum Gasteiger partial charge on any atom is 0.315 e. The molecule has 1 saturated heterocycles. The van der Waals surface area contributed by atoms with E-state index in [0.717, 1.165) is 60.5 Å². The summed E-state index contributed by atoms with van der Waals surface area (Å²) in [5, 5.41) is 0. The van der Waals surface area contributed by atoms with E-state index < -0.39 is 5.41 Å². The number of allylic oxidation sites excluding steroid dienone is 2. The first-order valence-electron chi connectivity index (χ1n) is 13.1. The first kappa shape index (κ1) is 26.3. The molecular formula is C29H39N3O4. The van der Waals surface area contributed by atoms with Crippen molar-refractivity contribution >= 4 is 22.8 Å². The molecule has 1 aliphatic carbocycles. The van der Waals surface area contributed by atoms with Crippen molar-refractivity contribution in [3.8, 4) is 0 Å². The zero-order valence-electron chi connectivity index (χ0n) is 22.1. The highest BCUT2D eigenvalue weighted by molar-refractivity contribution is 5.97. The van der Waals surface area contributed by atoms with Gasteiger partial charge in [0.2, 0.25) is 0 Å². The fraction of sp³-hybridized carbons (Fsp3) is 0.552. The Morgan fingerprint density at radius 1 is 1.11 bits per heavy atom. The van der Waals surface area contributed by atoms with Gasteiger partial charge >= 0.3 is 5.97 Å². The number of hydrogen-bond acceptors (Lipinski definition) is 6. The van der Waals surface area contributed by atoms with E-state index in [1.807, 2.05) is 39.0 Å². The maximum absolute atomic E-state index is 13.0. The number of nitrogens with zero attached hydrogens (tertiary/aromatic N) is 3. The van der Waals surface area contributed by atoms with Crippen LogP contribution in [0.15, 0.2) is 47.6 Å². The van der Waals surface area contributed by atoms with Gasteiger partial charge in [-0.1, -0.05) is 29.9 Å². The molecule has 2 heterocycles. The van der Waals surface area contributed by atoms with E-state index in [2.05, 4.69) is 27.7 Å². The minimum atomic E-state index is -0.666. The van der Waals surface area contributed by atoms with Crippen LogP contribution in [0.5, 0.6) is 0 Å². The molecule has 7 nitrogen and oxygen atoms in total. The summed E-state index contributed by atoms with van der Waals surface area (Å²) in [4.78, 5) is 32.4. The molecule has 0 spiro atoms. The van der Waals surface area contributed by atoms with Crippen molar-refractivity contribution in [3.63, 3.8) is 0 Å². The number of Topliss-reactive ketones (excluding diaryl/α,β-unsaturated/α-hetero) is 1. The van der Waals surface area contributed by atoms with Gasteiger partial charge in [0.1, 0.15) is 5.82 Å². The molecule has 7 heteroatoms. The smallest absolute Gasteiger partial charge is 0.315 e. The number of carbonyl (C=O) groups excluding carboxylic acids is 2. The third-order valence-corrected chi connectivity index (χ3v) is 7.67. The second kappa shape index (κ2) is 11.5. The van der Waals surface area contributed by atoms with Crippen LogP contribution in [0.4, 0.5) is 0 Å². The van der Waals surface area contributed by atoms with Crippen molar-refractivity contribution in [2.75, 3.05) is 40.0 Å². The number of likely N-dealkylation sites (tertiary alicyclic amines) is 1. The summed E-state index contributed by atoms with van der Waals surface area (Å²) in [5.74, 6) is 1.46. The van der Waals surface area contributed by atoms with Crippen LogP contribution in [0, 0.1) is 5.41 Å². The van der Waals surface area contributed by atoms with Gasteiger partial charge in [-0.05, 0) is 77.2 Å². The van der Waals surface area contributed by atoms with Gasteiger partial charge in [-0.2, -0.15) is 0 Å². The van der Waals surface area contributed by atoms with E-state index in [4.69, 9.17) is 14.5 Å². The van der Waals surface area contributed by atoms with Crippen molar-refractivity contribution in [1.82, 2.24) is 14.5 Å². The Balaban J connectivity index is 1.37. The molecule has 0 atom stereocenters. The topological polar surface area (TPSA) is 73.7 Å². The van der Waals surface area contributed by atoms with Crippen LogP contribution in [0.3, 0.4) is 0 Å². The third kappa shape index (κ3) is 5.62. The van der Waals surface area contributed by atoms with E-state index >= 15 is 0 Å². The van der Waals surface area contributed by atoms with Crippen LogP contribution in [0.25, 0.3) is 11.0 Å². The fourth-order valence-corrected chi connectivity index (χ4v) is 5.37. The number of aromatic nitrogens is 2. The molecule has 36 heavy (non-hydrogen) atoms. The molecule has 194 valence electrons. The number of para-hydroxylation sites is 2. The molecule has 1 fully saturated rings. The Morgan fingerprint density at radius 2 is 1.86 bits per heavy atom. The van der Waals surface area contributed by atoms with Crippen molar-refractivity contribution in [3.05, 3.63) is 53.4 Å². The number of methoxy groups -OCH3 is 1. The quantitative estimate of drug-likeness (QED) is 0.354. The molecule has 1 aromatic heterocycles. The Bertz CT molecular complexity index is 1150. The summed E-state index contributed by atoms with van der Waals surface area (Å²) in [6.45, 7) is 10.2. The number of carbonyl (C=O) groups is 2. The van der Waals surface area contributed by atoms with Crippen LogP contribution in [-0.2, 0) is 25.6 Å². The predicted molar refractivity (Wildman–Crippen MR) is 141 cm³/mol. The van der Waals surface area contributed by atoms with Gasteiger partial charge in [-0.3, -0.25) is 14.5 Å². The van der Waals surface area contributed by atoms with Gasteiger partial charge < -0.3 is 14.0 Å². The zero-order chi connectivity index (χ0) is 25.7. The Labute approximate surface area is 214 Å². The van der Waals surface area contributed by atoms with E-state index in [1.54, 1.807) is 0 Å². The minimum Gasteiger partial charge on any atom is -0.468 e. The summed E-state index contributed by atoms with van der Waals surface area (Å²) in [6, 6.07) is 8.31. The maximum atomic E-state index is 13.0. The van der Waals surface area contributed by atoms with Crippen LogP contribution in [-0.4, -0.2) is 66.2 Å². The average Bonchev–Trinajstić information content (AvgIpc) is 3.27. The lowest BCUT2D eigenvalue weighted by atomic mass is 9.78. The minimum absolute atomic E-state index is 0.184. The normalized spacial score (nSPS) is 17.7. The second-order valence-corrected chi connectivity index (χ2v) is 10.3. The first-order valence-corrected chi connectivity index (χ1v) is 13.1. The molecule has 1 aliphatic heterocycles. The first-order chi connectivity index (χ1) is 17.3. The molecule has 0 radical (unpaired) electrons. The number of rotatable bonds is 10. The van der Waals surface area contributed by atoms with Crippen molar-refractivity contribution in [2.24, 2.45) is 5.41 Å². The number of esters is 1. The summed E-state index contributed by atoms with van der Waals surface area (Å²) in [6.07, 6.45) is 7.19. The van der Waals surface area contributed by atoms with Gasteiger partial charge in [0.15, 0.2) is 5.78 Å². The number of ether oxygens (including phenoxy) is 2. The molecule has 0 bridgehead atoms. The number of benzene rings is 1. The van der Waals surface area contributed by atoms with E-state index in [9.17, 15) is 9.59 Å². The zero-order valence-corrected chi connectivity index (χ0v) is 22.1. The molecule has 0 saturated carbocycles. The molecule has 1 aromatic carbocycles. The molecule has 2 aliphatic rings. The van der Waals surface area contributed by atoms with Crippen LogP contribution in [0.1, 0.15) is 58.2 Å². The van der Waals surface area contributed by atoms with Crippen molar-refractivity contribution < 1.29 is 19.1 Å². The highest BCUT2D eigenvalue weighted by atomic mass is 16.5. The lowest BCUT2D eigenvalue weighted by Crippen LogP contribution is -2.38. The summed E-state index contributed by atoms with van der Waals surface area (Å²) < 4.78 is 12.9. The number of ketones is 1. The number of piperidine rings is 1. The Kier molecular flexibility index (Phi) is 8.42. The van der Waals surface area contributed by atoms with Gasteiger partial charge in [-0.25, -0.2) is 4.98 Å². The lowest BCUT2D eigenvalue weighted by molar-refractivity contribution is -0.148. The molecular weight excluding hydrogens is 454 g/mol. The SMILES string of the molecule is CCOCCn1c(C2CCN(CC(=O)C3=CC=C(C(C)(C)C(=O)OC)CC3)CC2)nc2ccccc21. The van der Waals surface area contributed by atoms with Gasteiger partial charge in [-0.15, -0.1) is 0 Å². The van der Waals surface area contributed by atoms with E-state index in [0.29, 0.717) is 38.5 Å². The van der Waals surface area contributed by atoms with Crippen LogP contribution >= 0.6 is 0 Å². The average molecular weight is 494 g/mol. The standard InChI is InChI=1S/C29H39N3O4/c1-5-36-19-18-32-25-9-7-6-8-24(25)30-27(32)22-14-16-31(17-15-22)20-26(33)21-10-12-23(13-11-21)29(2,3)28(34)35-4/h6-10,12,22H,5,11,13-20H2,1-4H3. The lowest BCUT2D eigenvalue weighted by Gasteiger charge is -2.32. The van der Waals surface area contributed by atoms with Gasteiger partial charge in [0, 0.05) is 19.1 Å². The Hall–Kier alpha value is -2.77. The second-order valence-electron chi connectivity index (χ2n) is 10.3. The third-order valence-electron chi connectivity index (χ3n) is 7.67. The Morgan fingerprint density at radius 3 is 2.53 bits per heavy atom. The van der Waals surface area contributed by atoms with E-state index in [-0.39, 0.29) is 11.8 Å². The predicted octanol–water partition coefficient (Wildman–Crippen LogP) is 4.67. The van der Waals surface area contributed by atoms with Crippen LogP contribution < -0.4 is 0 Å². The van der Waals surface area contributed by atoms with Gasteiger partial charge in [0.25, 0.3) is 0 Å². The summed E-state index contributed by atoms with van der Waals surface area (Å²) >= 11 is 0. The summed E-state index contributed by atoms with van der Waals surface area (Å²) in [7, 11) is 1.41. The highest BCUT2D eigenvalue weighted by Crippen LogP contribution is 2.35. The fourth-order valence-electron chi connectivity index (χ4n) is 5.37. The molecule has 0 unspecified atom stereocenters. The van der Waals surface area contributed by atoms with E-state index in [1.165, 1.54) is 7.11 Å². The van der Waals surface area contributed by atoms with Crippen molar-refractivity contribution in [1.29, 1.82) is 0 Å². The number of fused-ring (bicyclic) bond motifs is 1. The highest BCUT2D eigenvalue weighted by Gasteiger charge is 2.34. The largest absolute Gasteiger partial charge is 0.468 e. The number of imidazole rings is 1.